The van der Waals surface area contributed by atoms with Gasteiger partial charge in [0.2, 0.25) is 0 Å². The Kier molecular flexibility index (Phi) is 6.63. The predicted molar refractivity (Wildman–Crippen MR) is 140 cm³/mol. The van der Waals surface area contributed by atoms with Crippen LogP contribution >= 0.6 is 0 Å². The number of nitrogens with zero attached hydrogens (tertiary/aromatic N) is 2. The van der Waals surface area contributed by atoms with E-state index >= 15 is 0 Å². The van der Waals surface area contributed by atoms with Crippen LogP contribution in [-0.2, 0) is 20.1 Å². The molecule has 2 aromatic heterocycles. The third-order valence-corrected chi connectivity index (χ3v) is 5.97. The summed E-state index contributed by atoms with van der Waals surface area (Å²) in [5.41, 5.74) is 9.21. The molecule has 169 valence electrons. The summed E-state index contributed by atoms with van der Waals surface area (Å²) < 4.78 is 0. The Morgan fingerprint density at radius 3 is 1.77 bits per heavy atom. The minimum Gasteiger partial charge on any atom is -0.296 e. The van der Waals surface area contributed by atoms with Gasteiger partial charge in [0.1, 0.15) is 0 Å². The van der Waals surface area contributed by atoms with Crippen LogP contribution in [0.5, 0.6) is 0 Å². The van der Waals surface area contributed by atoms with Crippen LogP contribution in [0.25, 0.3) is 55.8 Å². The van der Waals surface area contributed by atoms with Crippen LogP contribution in [0, 0.1) is 6.07 Å². The number of hydrogen-bond acceptors (Lipinski definition) is 2. The molecule has 2 heterocycles. The van der Waals surface area contributed by atoms with Crippen molar-refractivity contribution in [3.05, 3.63) is 133 Å². The van der Waals surface area contributed by atoms with E-state index in [0.717, 1.165) is 55.8 Å². The molecule has 0 saturated carbocycles. The van der Waals surface area contributed by atoms with Gasteiger partial charge in [-0.2, -0.15) is 0 Å². The van der Waals surface area contributed by atoms with E-state index in [1.54, 1.807) is 0 Å². The number of benzene rings is 4. The standard InChI is InChI=1S/C32H21N2.Ir/c1-3-10-23(11-4-1)31-21-28(22-32(34-31)24-12-5-2-6-13-24)26-15-9-16-27(20-26)30-19-18-25-14-7-8-17-29(25)33-30;/h1-15,17-22H;/q-1;. The van der Waals surface area contributed by atoms with E-state index in [4.69, 9.17) is 9.97 Å². The zero-order chi connectivity index (χ0) is 22.7. The summed E-state index contributed by atoms with van der Waals surface area (Å²) in [6.07, 6.45) is 0. The van der Waals surface area contributed by atoms with Crippen molar-refractivity contribution in [2.45, 2.75) is 0 Å². The van der Waals surface area contributed by atoms with Gasteiger partial charge in [0.25, 0.3) is 0 Å². The first-order valence-corrected chi connectivity index (χ1v) is 11.3. The predicted octanol–water partition coefficient (Wildman–Crippen LogP) is 8.10. The molecule has 0 amide bonds. The minimum absolute atomic E-state index is 0. The van der Waals surface area contributed by atoms with E-state index in [0.29, 0.717) is 0 Å². The van der Waals surface area contributed by atoms with Gasteiger partial charge in [-0.05, 0) is 34.8 Å². The molecule has 0 spiro atoms. The molecule has 0 atom stereocenters. The van der Waals surface area contributed by atoms with Gasteiger partial charge in [-0.3, -0.25) is 4.98 Å². The fourth-order valence-electron chi connectivity index (χ4n) is 4.22. The summed E-state index contributed by atoms with van der Waals surface area (Å²) in [5.74, 6) is 0. The average molecular weight is 626 g/mol. The monoisotopic (exact) mass is 626 g/mol. The third kappa shape index (κ3) is 4.83. The Morgan fingerprint density at radius 2 is 1.09 bits per heavy atom. The molecule has 0 aliphatic heterocycles. The van der Waals surface area contributed by atoms with Gasteiger partial charge in [0.05, 0.1) is 16.9 Å². The van der Waals surface area contributed by atoms with Gasteiger partial charge >= 0.3 is 0 Å². The topological polar surface area (TPSA) is 25.8 Å². The quantitative estimate of drug-likeness (QED) is 0.185. The van der Waals surface area contributed by atoms with E-state index in [-0.39, 0.29) is 20.1 Å². The molecule has 0 N–H and O–H groups in total. The molecular weight excluding hydrogens is 605 g/mol. The SMILES string of the molecule is [Ir].[c-]1ccc(-c2cc(-c3ccccc3)nc(-c3ccccc3)c2)cc1-c1ccc2ccccc2n1. The average Bonchev–Trinajstić information content (AvgIpc) is 2.93. The summed E-state index contributed by atoms with van der Waals surface area (Å²) in [6, 6.07) is 47.0. The first-order valence-electron chi connectivity index (χ1n) is 11.3. The Morgan fingerprint density at radius 1 is 0.457 bits per heavy atom. The van der Waals surface area contributed by atoms with Gasteiger partial charge in [-0.25, -0.2) is 4.98 Å². The molecule has 4 aromatic carbocycles. The maximum atomic E-state index is 4.99. The number of rotatable bonds is 4. The summed E-state index contributed by atoms with van der Waals surface area (Å²) in [6.45, 7) is 0. The normalized spacial score (nSPS) is 10.6. The van der Waals surface area contributed by atoms with Crippen LogP contribution in [0.2, 0.25) is 0 Å². The maximum absolute atomic E-state index is 4.99. The molecule has 6 aromatic rings. The molecule has 35 heavy (non-hydrogen) atoms. The van der Waals surface area contributed by atoms with Crippen LogP contribution in [0.4, 0.5) is 0 Å². The first-order chi connectivity index (χ1) is 16.8. The molecule has 0 aliphatic carbocycles. The smallest absolute Gasteiger partial charge is 0.0715 e. The van der Waals surface area contributed by atoms with Crippen molar-refractivity contribution in [1.82, 2.24) is 9.97 Å². The van der Waals surface area contributed by atoms with Crippen LogP contribution in [0.1, 0.15) is 0 Å². The molecule has 0 unspecified atom stereocenters. The molecule has 3 heteroatoms. The van der Waals surface area contributed by atoms with Crippen molar-refractivity contribution in [1.29, 1.82) is 0 Å². The second kappa shape index (κ2) is 10.1. The number of fused-ring (bicyclic) bond motifs is 1. The fraction of sp³-hybridized carbons (Fsp3) is 0. The maximum Gasteiger partial charge on any atom is 0.0715 e. The van der Waals surface area contributed by atoms with Gasteiger partial charge in [-0.1, -0.05) is 91.0 Å². The van der Waals surface area contributed by atoms with Gasteiger partial charge < -0.3 is 0 Å². The van der Waals surface area contributed by atoms with E-state index in [1.165, 1.54) is 0 Å². The van der Waals surface area contributed by atoms with E-state index < -0.39 is 0 Å². The van der Waals surface area contributed by atoms with Gasteiger partial charge in [0.15, 0.2) is 0 Å². The number of pyridine rings is 2. The fourth-order valence-corrected chi connectivity index (χ4v) is 4.22. The van der Waals surface area contributed by atoms with Crippen molar-refractivity contribution < 1.29 is 20.1 Å². The van der Waals surface area contributed by atoms with E-state index in [1.807, 2.05) is 60.7 Å². The molecule has 1 radical (unpaired) electrons. The second-order valence-corrected chi connectivity index (χ2v) is 8.24. The Labute approximate surface area is 218 Å². The summed E-state index contributed by atoms with van der Waals surface area (Å²) in [5, 5.41) is 1.14. The van der Waals surface area contributed by atoms with Crippen molar-refractivity contribution in [2.24, 2.45) is 0 Å². The Hall–Kier alpha value is -3.91. The van der Waals surface area contributed by atoms with Crippen LogP contribution < -0.4 is 0 Å². The molecule has 0 bridgehead atoms. The molecule has 6 rings (SSSR count). The Balaban J connectivity index is 0.00000253. The molecule has 0 aliphatic rings. The summed E-state index contributed by atoms with van der Waals surface area (Å²) in [7, 11) is 0. The van der Waals surface area contributed by atoms with Crippen LogP contribution in [0.3, 0.4) is 0 Å². The van der Waals surface area contributed by atoms with Gasteiger partial charge in [-0.15, -0.1) is 35.4 Å². The van der Waals surface area contributed by atoms with E-state index in [2.05, 4.69) is 72.8 Å². The van der Waals surface area contributed by atoms with Crippen molar-refractivity contribution in [3.63, 3.8) is 0 Å². The summed E-state index contributed by atoms with van der Waals surface area (Å²) in [4.78, 5) is 9.86. The molecule has 0 saturated heterocycles. The molecule has 0 fully saturated rings. The number of aromatic nitrogens is 2. The number of para-hydroxylation sites is 1. The van der Waals surface area contributed by atoms with E-state index in [9.17, 15) is 0 Å². The minimum atomic E-state index is 0. The van der Waals surface area contributed by atoms with Gasteiger partial charge in [0, 0.05) is 31.2 Å². The van der Waals surface area contributed by atoms with Crippen molar-refractivity contribution >= 4 is 10.9 Å². The second-order valence-electron chi connectivity index (χ2n) is 8.24. The van der Waals surface area contributed by atoms with Crippen LogP contribution in [-0.4, -0.2) is 9.97 Å². The molecule has 2 nitrogen and oxygen atoms in total. The third-order valence-electron chi connectivity index (χ3n) is 5.97. The molecular formula is C32H21IrN2-. The first kappa shape index (κ1) is 22.9. The number of hydrogen-bond donors (Lipinski definition) is 0. The van der Waals surface area contributed by atoms with Crippen molar-refractivity contribution in [3.8, 4) is 44.9 Å². The summed E-state index contributed by atoms with van der Waals surface area (Å²) >= 11 is 0. The Bertz CT molecular complexity index is 1540. The zero-order valence-corrected chi connectivity index (χ0v) is 21.2. The van der Waals surface area contributed by atoms with Crippen LogP contribution in [0.15, 0.2) is 127 Å². The largest absolute Gasteiger partial charge is 0.296 e. The van der Waals surface area contributed by atoms with Crippen molar-refractivity contribution in [2.75, 3.05) is 0 Å². The zero-order valence-electron chi connectivity index (χ0n) is 18.9.